The monoisotopic (exact) mass is 474 g/mol. The molecule has 0 saturated carbocycles. The van der Waals surface area contributed by atoms with Gasteiger partial charge in [0.1, 0.15) is 0 Å². The number of nitrogens with one attached hydrogen (secondary N) is 1. The Morgan fingerprint density at radius 2 is 1.76 bits per heavy atom. The van der Waals surface area contributed by atoms with Crippen LogP contribution >= 0.6 is 0 Å². The molecular weight excluding hydrogens is 440 g/mol. The third-order valence-corrected chi connectivity index (χ3v) is 7.72. The highest BCUT2D eigenvalue weighted by atomic mass is 32.2. The van der Waals surface area contributed by atoms with Crippen molar-refractivity contribution in [2.45, 2.75) is 51.5 Å². The van der Waals surface area contributed by atoms with Gasteiger partial charge in [0.25, 0.3) is 0 Å². The first-order chi connectivity index (χ1) is 15.8. The lowest BCUT2D eigenvalue weighted by molar-refractivity contribution is -0.126. The predicted octanol–water partition coefficient (Wildman–Crippen LogP) is 4.07. The number of hydrogen-bond donors (Lipinski definition) is 1. The molecule has 2 aromatic rings. The molecule has 1 aliphatic heterocycles. The Labute approximate surface area is 197 Å². The van der Waals surface area contributed by atoms with Crippen LogP contribution in [0.15, 0.2) is 47.4 Å². The fourth-order valence-electron chi connectivity index (χ4n) is 3.99. The molecule has 0 aromatic heterocycles. The Balaban J connectivity index is 1.68. The van der Waals surface area contributed by atoms with E-state index in [2.05, 4.69) is 5.32 Å². The quantitative estimate of drug-likeness (QED) is 0.592. The lowest BCUT2D eigenvalue weighted by Gasteiger charge is -2.32. The van der Waals surface area contributed by atoms with Crippen LogP contribution < -0.4 is 14.8 Å². The number of nitrogens with zero attached hydrogens (tertiary/aromatic N) is 1. The molecule has 0 radical (unpaired) electrons. The molecule has 0 bridgehead atoms. The topological polar surface area (TPSA) is 84.9 Å². The largest absolute Gasteiger partial charge is 0.490 e. The molecular formula is C25H34N2O5S. The molecule has 1 fully saturated rings. The molecule has 0 aliphatic carbocycles. The van der Waals surface area contributed by atoms with Crippen LogP contribution in [0, 0.1) is 12.8 Å². The summed E-state index contributed by atoms with van der Waals surface area (Å²) in [5, 5.41) is 3.05. The zero-order chi connectivity index (χ0) is 24.0. The lowest BCUT2D eigenvalue weighted by Crippen LogP contribution is -2.45. The normalized spacial score (nSPS) is 17.9. The highest BCUT2D eigenvalue weighted by molar-refractivity contribution is 7.89. The van der Waals surface area contributed by atoms with Crippen molar-refractivity contribution in [2.75, 3.05) is 26.3 Å². The Morgan fingerprint density at radius 1 is 1.09 bits per heavy atom. The van der Waals surface area contributed by atoms with Crippen molar-refractivity contribution in [3.8, 4) is 11.5 Å². The number of piperidine rings is 1. The number of carbonyl (C=O) groups is 1. The maximum absolute atomic E-state index is 13.1. The van der Waals surface area contributed by atoms with Gasteiger partial charge in [0.05, 0.1) is 30.1 Å². The van der Waals surface area contributed by atoms with E-state index in [4.69, 9.17) is 9.47 Å². The SMILES string of the molecule is CCOc1ccc(C(C)NC(=O)C2CCCN(S(=O)(=O)c3ccc(C)cc3)C2)cc1OCC. The van der Waals surface area contributed by atoms with Crippen LogP contribution in [0.5, 0.6) is 11.5 Å². The predicted molar refractivity (Wildman–Crippen MR) is 128 cm³/mol. The van der Waals surface area contributed by atoms with Gasteiger partial charge in [0.2, 0.25) is 15.9 Å². The number of aryl methyl sites for hydroxylation is 1. The third kappa shape index (κ3) is 6.06. The van der Waals surface area contributed by atoms with Crippen LogP contribution in [-0.4, -0.2) is 44.9 Å². The van der Waals surface area contributed by atoms with Crippen LogP contribution in [0.3, 0.4) is 0 Å². The van der Waals surface area contributed by atoms with Gasteiger partial charge < -0.3 is 14.8 Å². The van der Waals surface area contributed by atoms with E-state index in [0.717, 1.165) is 11.1 Å². The van der Waals surface area contributed by atoms with Crippen molar-refractivity contribution in [2.24, 2.45) is 5.92 Å². The van der Waals surface area contributed by atoms with Crippen LogP contribution in [0.1, 0.15) is 50.8 Å². The summed E-state index contributed by atoms with van der Waals surface area (Å²) in [6.07, 6.45) is 1.31. The molecule has 180 valence electrons. The van der Waals surface area contributed by atoms with Gasteiger partial charge in [-0.2, -0.15) is 4.31 Å². The second-order valence-corrected chi connectivity index (χ2v) is 10.3. The van der Waals surface area contributed by atoms with Crippen molar-refractivity contribution in [1.82, 2.24) is 9.62 Å². The minimum Gasteiger partial charge on any atom is -0.490 e. The Bertz CT molecular complexity index is 1050. The molecule has 1 saturated heterocycles. The van der Waals surface area contributed by atoms with Crippen LogP contribution in [-0.2, 0) is 14.8 Å². The molecule has 8 heteroatoms. The van der Waals surface area contributed by atoms with Crippen molar-refractivity contribution < 1.29 is 22.7 Å². The number of rotatable bonds is 9. The molecule has 1 N–H and O–H groups in total. The Hall–Kier alpha value is -2.58. The van der Waals surface area contributed by atoms with E-state index in [1.54, 1.807) is 24.3 Å². The number of sulfonamides is 1. The first-order valence-corrected chi connectivity index (χ1v) is 13.0. The van der Waals surface area contributed by atoms with E-state index in [1.807, 2.05) is 45.9 Å². The van der Waals surface area contributed by atoms with Crippen molar-refractivity contribution in [3.05, 3.63) is 53.6 Å². The molecule has 33 heavy (non-hydrogen) atoms. The van der Waals surface area contributed by atoms with Crippen LogP contribution in [0.25, 0.3) is 0 Å². The molecule has 2 atom stereocenters. The molecule has 1 heterocycles. The van der Waals surface area contributed by atoms with Crippen molar-refractivity contribution >= 4 is 15.9 Å². The molecule has 1 amide bonds. The lowest BCUT2D eigenvalue weighted by atomic mass is 9.98. The van der Waals surface area contributed by atoms with Gasteiger partial charge in [-0.15, -0.1) is 0 Å². The average molecular weight is 475 g/mol. The summed E-state index contributed by atoms with van der Waals surface area (Å²) in [5.41, 5.74) is 1.90. The minimum absolute atomic E-state index is 0.141. The van der Waals surface area contributed by atoms with Gasteiger partial charge in [0.15, 0.2) is 11.5 Å². The molecule has 2 unspecified atom stereocenters. The van der Waals surface area contributed by atoms with Crippen molar-refractivity contribution in [1.29, 1.82) is 0 Å². The van der Waals surface area contributed by atoms with E-state index in [1.165, 1.54) is 4.31 Å². The first-order valence-electron chi connectivity index (χ1n) is 11.5. The molecule has 3 rings (SSSR count). The first kappa shape index (κ1) is 25.1. The van der Waals surface area contributed by atoms with E-state index in [9.17, 15) is 13.2 Å². The highest BCUT2D eigenvalue weighted by Gasteiger charge is 2.33. The number of amides is 1. The van der Waals surface area contributed by atoms with Gasteiger partial charge in [-0.3, -0.25) is 4.79 Å². The van der Waals surface area contributed by atoms with Crippen LogP contribution in [0.2, 0.25) is 0 Å². The van der Waals surface area contributed by atoms with Crippen LogP contribution in [0.4, 0.5) is 0 Å². The summed E-state index contributed by atoms with van der Waals surface area (Å²) in [6, 6.07) is 12.2. The van der Waals surface area contributed by atoms with E-state index in [-0.39, 0.29) is 23.4 Å². The molecule has 7 nitrogen and oxygen atoms in total. The highest BCUT2D eigenvalue weighted by Crippen LogP contribution is 2.31. The van der Waals surface area contributed by atoms with E-state index in [0.29, 0.717) is 44.1 Å². The second kappa shape index (κ2) is 11.0. The second-order valence-electron chi connectivity index (χ2n) is 8.32. The third-order valence-electron chi connectivity index (χ3n) is 5.84. The van der Waals surface area contributed by atoms with Gasteiger partial charge in [0, 0.05) is 13.1 Å². The number of benzene rings is 2. The number of carbonyl (C=O) groups excluding carboxylic acids is 1. The summed E-state index contributed by atoms with van der Waals surface area (Å²) < 4.78 is 38.9. The van der Waals surface area contributed by atoms with E-state index >= 15 is 0 Å². The summed E-state index contributed by atoms with van der Waals surface area (Å²) in [5.74, 6) is 0.783. The van der Waals surface area contributed by atoms with Gasteiger partial charge in [-0.05, 0) is 70.4 Å². The summed E-state index contributed by atoms with van der Waals surface area (Å²) in [4.78, 5) is 13.3. The standard InChI is InChI=1S/C25H34N2O5S/c1-5-31-23-14-11-20(16-24(23)32-6-2)19(4)26-25(28)21-8-7-15-27(17-21)33(29,30)22-12-9-18(3)10-13-22/h9-14,16,19,21H,5-8,15,17H2,1-4H3,(H,26,28). The Morgan fingerprint density at radius 3 is 2.42 bits per heavy atom. The smallest absolute Gasteiger partial charge is 0.243 e. The van der Waals surface area contributed by atoms with Gasteiger partial charge in [-0.25, -0.2) is 8.42 Å². The van der Waals surface area contributed by atoms with E-state index < -0.39 is 15.9 Å². The zero-order valence-electron chi connectivity index (χ0n) is 19.8. The Kier molecular flexibility index (Phi) is 8.37. The molecule has 1 aliphatic rings. The summed E-state index contributed by atoms with van der Waals surface area (Å²) >= 11 is 0. The van der Waals surface area contributed by atoms with Gasteiger partial charge >= 0.3 is 0 Å². The molecule has 0 spiro atoms. The average Bonchev–Trinajstić information content (AvgIpc) is 2.81. The molecule has 2 aromatic carbocycles. The fourth-order valence-corrected chi connectivity index (χ4v) is 5.51. The maximum atomic E-state index is 13.1. The van der Waals surface area contributed by atoms with Crippen molar-refractivity contribution in [3.63, 3.8) is 0 Å². The van der Waals surface area contributed by atoms with Gasteiger partial charge in [-0.1, -0.05) is 23.8 Å². The number of hydrogen-bond acceptors (Lipinski definition) is 5. The zero-order valence-corrected chi connectivity index (χ0v) is 20.7. The number of ether oxygens (including phenoxy) is 2. The fraction of sp³-hybridized carbons (Fsp3) is 0.480. The summed E-state index contributed by atoms with van der Waals surface area (Å²) in [6.45, 7) is 9.31. The maximum Gasteiger partial charge on any atom is 0.243 e. The minimum atomic E-state index is -3.63. The summed E-state index contributed by atoms with van der Waals surface area (Å²) in [7, 11) is -3.63.